The van der Waals surface area contributed by atoms with Crippen molar-refractivity contribution in [3.8, 4) is 5.75 Å². The first-order chi connectivity index (χ1) is 6.72. The average molecular weight is 195 g/mol. The quantitative estimate of drug-likeness (QED) is 0.739. The maximum absolute atomic E-state index is 13.4. The Bertz CT molecular complexity index is 351. The third kappa shape index (κ3) is 1.48. The summed E-state index contributed by atoms with van der Waals surface area (Å²) in [5.41, 5.74) is 7.54. The van der Waals surface area contributed by atoms with Crippen LogP contribution < -0.4 is 10.5 Å². The largest absolute Gasteiger partial charge is 0.496 e. The van der Waals surface area contributed by atoms with Crippen LogP contribution in [0.1, 0.15) is 17.5 Å². The monoisotopic (exact) mass is 195 g/mol. The van der Waals surface area contributed by atoms with Gasteiger partial charge in [0.2, 0.25) is 0 Å². The zero-order valence-electron chi connectivity index (χ0n) is 8.22. The molecule has 0 saturated carbocycles. The molecule has 14 heavy (non-hydrogen) atoms. The Morgan fingerprint density at radius 3 is 2.93 bits per heavy atom. The van der Waals surface area contributed by atoms with E-state index in [0.717, 1.165) is 29.7 Å². The molecule has 1 unspecified atom stereocenters. The Morgan fingerprint density at radius 2 is 2.21 bits per heavy atom. The van der Waals surface area contributed by atoms with Gasteiger partial charge in [0.25, 0.3) is 0 Å². The molecular formula is C11H14FNO. The second-order valence-corrected chi connectivity index (χ2v) is 3.71. The van der Waals surface area contributed by atoms with Crippen LogP contribution in [0.15, 0.2) is 12.1 Å². The number of halogens is 1. The van der Waals surface area contributed by atoms with E-state index in [0.29, 0.717) is 6.42 Å². The first-order valence-corrected chi connectivity index (χ1v) is 4.82. The number of hydrogen-bond donors (Lipinski definition) is 1. The highest BCUT2D eigenvalue weighted by molar-refractivity contribution is 5.43. The summed E-state index contributed by atoms with van der Waals surface area (Å²) in [5, 5.41) is 0. The minimum Gasteiger partial charge on any atom is -0.496 e. The molecule has 1 aromatic carbocycles. The summed E-state index contributed by atoms with van der Waals surface area (Å²) in [6.07, 6.45) is 2.35. The number of methoxy groups -OCH3 is 1. The first-order valence-electron chi connectivity index (χ1n) is 4.82. The van der Waals surface area contributed by atoms with Crippen molar-refractivity contribution < 1.29 is 9.13 Å². The molecule has 1 atom stereocenters. The van der Waals surface area contributed by atoms with Gasteiger partial charge in [0, 0.05) is 11.6 Å². The van der Waals surface area contributed by atoms with E-state index in [4.69, 9.17) is 10.5 Å². The molecule has 1 aliphatic carbocycles. The van der Waals surface area contributed by atoms with Crippen molar-refractivity contribution in [2.45, 2.75) is 25.3 Å². The number of nitrogens with two attached hydrogens (primary N) is 1. The second-order valence-electron chi connectivity index (χ2n) is 3.71. The first kappa shape index (κ1) is 9.46. The highest BCUT2D eigenvalue weighted by atomic mass is 19.1. The summed E-state index contributed by atoms with van der Waals surface area (Å²) in [6, 6.07) is 3.23. The van der Waals surface area contributed by atoms with Crippen molar-refractivity contribution in [3.63, 3.8) is 0 Å². The minimum atomic E-state index is -0.157. The van der Waals surface area contributed by atoms with Crippen molar-refractivity contribution >= 4 is 0 Å². The summed E-state index contributed by atoms with van der Waals surface area (Å²) >= 11 is 0. The lowest BCUT2D eigenvalue weighted by molar-refractivity contribution is 0.401. The van der Waals surface area contributed by atoms with Gasteiger partial charge in [-0.05, 0) is 37.0 Å². The Hall–Kier alpha value is -1.09. The fraction of sp³-hybridized carbons (Fsp3) is 0.455. The number of rotatable bonds is 1. The molecule has 76 valence electrons. The molecule has 0 amide bonds. The molecule has 0 saturated heterocycles. The second kappa shape index (κ2) is 3.58. The van der Waals surface area contributed by atoms with Gasteiger partial charge in [-0.25, -0.2) is 4.39 Å². The van der Waals surface area contributed by atoms with Gasteiger partial charge < -0.3 is 10.5 Å². The predicted molar refractivity (Wildman–Crippen MR) is 53.0 cm³/mol. The molecule has 0 heterocycles. The average Bonchev–Trinajstić information content (AvgIpc) is 2.19. The summed E-state index contributed by atoms with van der Waals surface area (Å²) in [4.78, 5) is 0. The van der Waals surface area contributed by atoms with Crippen molar-refractivity contribution in [2.24, 2.45) is 5.73 Å². The van der Waals surface area contributed by atoms with Crippen LogP contribution in [0.5, 0.6) is 5.75 Å². The zero-order chi connectivity index (χ0) is 10.1. The van der Waals surface area contributed by atoms with Crippen LogP contribution in [0, 0.1) is 5.82 Å². The summed E-state index contributed by atoms with van der Waals surface area (Å²) in [6.45, 7) is 0. The highest BCUT2D eigenvalue weighted by Crippen LogP contribution is 2.30. The van der Waals surface area contributed by atoms with Gasteiger partial charge in [-0.1, -0.05) is 0 Å². The van der Waals surface area contributed by atoms with Gasteiger partial charge in [0.1, 0.15) is 11.6 Å². The van der Waals surface area contributed by atoms with Gasteiger partial charge in [-0.2, -0.15) is 0 Å². The third-order valence-electron chi connectivity index (χ3n) is 2.78. The summed E-state index contributed by atoms with van der Waals surface area (Å²) in [5.74, 6) is 0.629. The fourth-order valence-corrected chi connectivity index (χ4v) is 2.02. The Morgan fingerprint density at radius 1 is 1.43 bits per heavy atom. The van der Waals surface area contributed by atoms with E-state index >= 15 is 0 Å². The Kier molecular flexibility index (Phi) is 2.42. The standard InChI is InChI=1S/C11H14FNO/c1-14-11-5-4-10(12)9-6-7(13)2-3-8(9)11/h4-5,7H,2-3,6,13H2,1H3. The zero-order valence-corrected chi connectivity index (χ0v) is 8.22. The predicted octanol–water partition coefficient (Wildman–Crippen LogP) is 1.65. The van der Waals surface area contributed by atoms with E-state index in [-0.39, 0.29) is 11.9 Å². The lowest BCUT2D eigenvalue weighted by Crippen LogP contribution is -2.28. The number of fused-ring (bicyclic) bond motifs is 1. The van der Waals surface area contributed by atoms with Crippen LogP contribution in [-0.2, 0) is 12.8 Å². The minimum absolute atomic E-state index is 0.0871. The molecular weight excluding hydrogens is 181 g/mol. The Balaban J connectivity index is 2.49. The van der Waals surface area contributed by atoms with Gasteiger partial charge in [-0.15, -0.1) is 0 Å². The van der Waals surface area contributed by atoms with Crippen LogP contribution in [0.3, 0.4) is 0 Å². The molecule has 2 nitrogen and oxygen atoms in total. The molecule has 2 rings (SSSR count). The molecule has 0 fully saturated rings. The van der Waals surface area contributed by atoms with Crippen LogP contribution in [0.25, 0.3) is 0 Å². The van der Waals surface area contributed by atoms with E-state index in [1.165, 1.54) is 6.07 Å². The Labute approximate surface area is 82.9 Å². The lowest BCUT2D eigenvalue weighted by Gasteiger charge is -2.23. The maximum Gasteiger partial charge on any atom is 0.127 e. The number of benzene rings is 1. The van der Waals surface area contributed by atoms with Gasteiger partial charge >= 0.3 is 0 Å². The van der Waals surface area contributed by atoms with E-state index in [2.05, 4.69) is 0 Å². The van der Waals surface area contributed by atoms with Gasteiger partial charge in [-0.3, -0.25) is 0 Å². The highest BCUT2D eigenvalue weighted by Gasteiger charge is 2.21. The van der Waals surface area contributed by atoms with Gasteiger partial charge in [0.15, 0.2) is 0 Å². The van der Waals surface area contributed by atoms with E-state index < -0.39 is 0 Å². The molecule has 2 N–H and O–H groups in total. The topological polar surface area (TPSA) is 35.2 Å². The van der Waals surface area contributed by atoms with Gasteiger partial charge in [0.05, 0.1) is 7.11 Å². The molecule has 0 aliphatic heterocycles. The van der Waals surface area contributed by atoms with Crippen LogP contribution >= 0.6 is 0 Å². The smallest absolute Gasteiger partial charge is 0.127 e. The third-order valence-corrected chi connectivity index (χ3v) is 2.78. The number of hydrogen-bond acceptors (Lipinski definition) is 2. The molecule has 3 heteroatoms. The van der Waals surface area contributed by atoms with E-state index in [1.807, 2.05) is 0 Å². The molecule has 0 bridgehead atoms. The summed E-state index contributed by atoms with van der Waals surface area (Å²) < 4.78 is 18.6. The van der Waals surface area contributed by atoms with Crippen molar-refractivity contribution in [2.75, 3.05) is 7.11 Å². The SMILES string of the molecule is COc1ccc(F)c2c1CCC(N)C2. The van der Waals surface area contributed by atoms with E-state index in [9.17, 15) is 4.39 Å². The van der Waals surface area contributed by atoms with Crippen LogP contribution in [-0.4, -0.2) is 13.2 Å². The normalized spacial score (nSPS) is 20.4. The van der Waals surface area contributed by atoms with Crippen molar-refractivity contribution in [1.29, 1.82) is 0 Å². The lowest BCUT2D eigenvalue weighted by atomic mass is 9.88. The molecule has 1 aliphatic rings. The van der Waals surface area contributed by atoms with Crippen LogP contribution in [0.4, 0.5) is 4.39 Å². The fourth-order valence-electron chi connectivity index (χ4n) is 2.02. The van der Waals surface area contributed by atoms with Crippen molar-refractivity contribution in [1.82, 2.24) is 0 Å². The maximum atomic E-state index is 13.4. The van der Waals surface area contributed by atoms with Crippen LogP contribution in [0.2, 0.25) is 0 Å². The van der Waals surface area contributed by atoms with E-state index in [1.54, 1.807) is 13.2 Å². The van der Waals surface area contributed by atoms with Crippen molar-refractivity contribution in [3.05, 3.63) is 29.1 Å². The molecule has 0 spiro atoms. The molecule has 1 aromatic rings. The number of ether oxygens (including phenoxy) is 1. The summed E-state index contributed by atoms with van der Waals surface area (Å²) in [7, 11) is 1.61. The molecule has 0 aromatic heterocycles. The molecule has 0 radical (unpaired) electrons.